The summed E-state index contributed by atoms with van der Waals surface area (Å²) in [6, 6.07) is 0. The van der Waals surface area contributed by atoms with Crippen molar-refractivity contribution in [1.29, 1.82) is 0 Å². The van der Waals surface area contributed by atoms with Gasteiger partial charge in [-0.05, 0) is 218 Å². The van der Waals surface area contributed by atoms with Gasteiger partial charge in [-0.2, -0.15) is 12.8 Å². The first-order valence-corrected chi connectivity index (χ1v) is 44.1. The van der Waals surface area contributed by atoms with Gasteiger partial charge in [0.2, 0.25) is 0 Å². The summed E-state index contributed by atoms with van der Waals surface area (Å²) in [6.07, 6.45) is 154. The molecule has 630 valence electrons. The average Bonchev–Trinajstić information content (AvgIpc) is 3.11. The zero-order valence-electron chi connectivity index (χ0n) is 73.2. The van der Waals surface area contributed by atoms with Gasteiger partial charge < -0.3 is 28.4 Å². The molecule has 0 saturated carbocycles. The van der Waals surface area contributed by atoms with Gasteiger partial charge in [-0.1, -0.05) is 375 Å². The number of carboxylic acid groups (broad SMARTS) is 1. The molecule has 0 fully saturated rings. The molecule has 4 nitrogen and oxygen atoms in total. The summed E-state index contributed by atoms with van der Waals surface area (Å²) in [6.45, 7) is 22.3. The predicted octanol–water partition coefficient (Wildman–Crippen LogP) is 34.0. The van der Waals surface area contributed by atoms with E-state index in [1.54, 1.807) is 14.2 Å². The van der Waals surface area contributed by atoms with Crippen molar-refractivity contribution >= 4 is 40.8 Å². The van der Waals surface area contributed by atoms with Crippen LogP contribution in [0.2, 0.25) is 0 Å². The van der Waals surface area contributed by atoms with E-state index in [9.17, 15) is 4.79 Å². The quantitative estimate of drug-likeness (QED) is 0.0217. The van der Waals surface area contributed by atoms with Crippen LogP contribution in [-0.4, -0.2) is 62.7 Å². The van der Waals surface area contributed by atoms with E-state index in [2.05, 4.69) is 375 Å². The topological polar surface area (TPSA) is 55.8 Å². The molecule has 0 unspecified atom stereocenters. The molecule has 0 aromatic carbocycles. The summed E-state index contributed by atoms with van der Waals surface area (Å²) in [5.74, 6) is -0.690. The fraction of sp³-hybridized carbons (Fsp3) is 0.495. The molecule has 0 aliphatic carbocycles. The zero-order chi connectivity index (χ0) is 81.5. The number of rotatable bonds is 66. The van der Waals surface area contributed by atoms with Gasteiger partial charge in [-0.3, -0.25) is 4.79 Å². The van der Waals surface area contributed by atoms with E-state index in [1.165, 1.54) is 57.8 Å². The molecule has 0 atom stereocenters. The van der Waals surface area contributed by atoms with Gasteiger partial charge in [0.05, 0.1) is 0 Å². The number of alkyl halides is 1. The molecule has 0 bridgehead atoms. The summed E-state index contributed by atoms with van der Waals surface area (Å²) in [4.78, 5) is 10.3. The number of ether oxygens (including phenoxy) is 2. The van der Waals surface area contributed by atoms with Crippen molar-refractivity contribution in [3.05, 3.63) is 318 Å². The Balaban J connectivity index is -0.000000197. The van der Waals surface area contributed by atoms with Crippen LogP contribution in [0.3, 0.4) is 0 Å². The Hall–Kier alpha value is -5.51. The second-order valence-corrected chi connectivity index (χ2v) is 26.3. The normalized spacial score (nSPS) is 12.6. The van der Waals surface area contributed by atoms with Crippen molar-refractivity contribution in [2.45, 2.75) is 305 Å². The number of aliphatic carboxylic acids is 1. The van der Waals surface area contributed by atoms with Gasteiger partial charge >= 0.3 is 23.0 Å². The van der Waals surface area contributed by atoms with Gasteiger partial charge in [0.25, 0.3) is 0 Å². The van der Waals surface area contributed by atoms with Gasteiger partial charge in [-0.25, -0.2) is 0 Å². The number of allylic oxidation sites excluding steroid dienone is 50. The third-order valence-corrected chi connectivity index (χ3v) is 15.6. The van der Waals surface area contributed by atoms with Gasteiger partial charge in [0, 0.05) is 58.0 Å². The van der Waals surface area contributed by atoms with Crippen molar-refractivity contribution in [2.75, 3.05) is 32.8 Å². The van der Waals surface area contributed by atoms with Crippen LogP contribution in [0, 0.1) is 13.8 Å². The van der Waals surface area contributed by atoms with E-state index >= 15 is 0 Å². The molecular formula is C105H167BrCuLiO4. The van der Waals surface area contributed by atoms with Crippen LogP contribution in [0.25, 0.3) is 0 Å². The third kappa shape index (κ3) is 150. The average molecular weight is 1640 g/mol. The number of halogens is 1. The molecule has 112 heavy (non-hydrogen) atoms. The number of unbranched alkanes of at least 4 members (excludes halogenated alkanes) is 9. The second-order valence-electron chi connectivity index (χ2n) is 25.5. The Morgan fingerprint density at radius 1 is 0.259 bits per heavy atom. The summed E-state index contributed by atoms with van der Waals surface area (Å²) in [7, 11) is 3.50. The minimum Gasteiger partial charge on any atom is -0.481 e. The minimum absolute atomic E-state index is 0. The molecule has 7 heteroatoms. The molecule has 0 rings (SSSR count). The Kier molecular flexibility index (Phi) is 144. The maximum atomic E-state index is 10.3. The van der Waals surface area contributed by atoms with Crippen LogP contribution in [-0.2, 0) is 31.3 Å². The Morgan fingerprint density at radius 2 is 0.438 bits per heavy atom. The van der Waals surface area contributed by atoms with Crippen LogP contribution >= 0.6 is 15.9 Å². The van der Waals surface area contributed by atoms with E-state index in [4.69, 9.17) is 14.6 Å². The number of carbonyl (C=O) groups is 1. The molecule has 0 aliphatic heterocycles. The van der Waals surface area contributed by atoms with Crippen LogP contribution in [0.5, 0.6) is 0 Å². The Morgan fingerprint density at radius 3 is 0.625 bits per heavy atom. The number of methoxy groups -OCH3 is 2. The molecule has 0 spiro atoms. The van der Waals surface area contributed by atoms with E-state index in [1.807, 2.05) is 0 Å². The van der Waals surface area contributed by atoms with Crippen molar-refractivity contribution in [2.24, 2.45) is 0 Å². The van der Waals surface area contributed by atoms with E-state index in [0.29, 0.717) is 6.42 Å². The molecule has 0 aromatic rings. The smallest absolute Gasteiger partial charge is 0.481 e. The summed E-state index contributed by atoms with van der Waals surface area (Å²) in [5.41, 5.74) is 0. The monoisotopic (exact) mass is 1640 g/mol. The Bertz CT molecular complexity index is 2460. The molecule has 0 aromatic heterocycles. The first kappa shape index (κ1) is 122. The molecule has 0 heterocycles. The van der Waals surface area contributed by atoms with Crippen molar-refractivity contribution in [1.82, 2.24) is 0 Å². The predicted molar refractivity (Wildman–Crippen MR) is 513 cm³/mol. The first-order valence-electron chi connectivity index (χ1n) is 42.9. The van der Waals surface area contributed by atoms with Crippen molar-refractivity contribution < 1.29 is 36.4 Å². The van der Waals surface area contributed by atoms with E-state index < -0.39 is 5.97 Å². The summed E-state index contributed by atoms with van der Waals surface area (Å²) < 4.78 is 9.87. The van der Waals surface area contributed by atoms with Gasteiger partial charge in [0.1, 0.15) is 0 Å². The number of hydrogen-bond acceptors (Lipinski definition) is 3. The third-order valence-electron chi connectivity index (χ3n) is 15.0. The fourth-order valence-electron chi connectivity index (χ4n) is 8.93. The van der Waals surface area contributed by atoms with E-state index in [0.717, 1.165) is 218 Å². The second kappa shape index (κ2) is 132. The minimum atomic E-state index is -0.690. The molecule has 0 amide bonds. The van der Waals surface area contributed by atoms with Crippen molar-refractivity contribution in [3.63, 3.8) is 0 Å². The van der Waals surface area contributed by atoms with Crippen LogP contribution in [0.4, 0.5) is 0 Å². The molecule has 2 radical (unpaired) electrons. The van der Waals surface area contributed by atoms with Crippen LogP contribution in [0.1, 0.15) is 305 Å². The maximum Gasteiger partial charge on any atom is 2.00 e. The Labute approximate surface area is 726 Å². The van der Waals surface area contributed by atoms with Crippen molar-refractivity contribution in [3.8, 4) is 0 Å². The molecular weight excluding hydrogens is 1480 g/mol. The van der Waals surface area contributed by atoms with Gasteiger partial charge in [0.15, 0.2) is 0 Å². The fourth-order valence-corrected chi connectivity index (χ4v) is 9.32. The number of carboxylic acids is 1. The number of hydrogen-bond donors (Lipinski definition) is 1. The van der Waals surface area contributed by atoms with Crippen LogP contribution in [0.15, 0.2) is 304 Å². The standard InChI is InChI=1S/C23H38O.C22H34O2.C19H30.2C18H27.C5H11BrO.Cu.Li/c1-3-4-5-6-7-8-9-10-11-12-13-14-15-16-17-18-19-20-21-22-23-24-2;1-2-3-4-5-6-7-8-9-10-11-12-13-14-15-16-17-18-19-20-21-22(23)24;1-3-5-7-9-11-13-15-17-19-18-16-14-12-10-8-6-4-2;2*1-3-5-7-9-11-13-15-17-18-16-14-12-10-8-6-4-2;1-7-5-3-2-4-6;;/h4-5,7-8,10-11,13-14,16-17H,3,6,9,12,15,18-23H2,1-2H3;3-4,6-7,9-10,12-13,15-16H,2,5,8,11,14,17-21H2,1H3,(H,23,24);5,7-8,10-11,13-14,16-17,19H,3-4,6,9,12,15,18H2,1-2H3;2*5-8,11-14,17-18H,1,3-4,9-10,15-16H2,2H3;2-5H2,1H3;;/q;;;2*-1;;+2;/b5-4-,8-7-,11-10-,14-13-,17-16-;4-3-,7-6-,10-9-,13-12-,16-15-;7-5-,10-8-,13-11-,16-14-,19-17-;2*7-5-,8-6-,13-11-,14-12-,18-17-;;;. The summed E-state index contributed by atoms with van der Waals surface area (Å²) in [5, 5.41) is 9.62. The maximum absolute atomic E-state index is 10.3. The molecule has 0 aliphatic rings. The van der Waals surface area contributed by atoms with Crippen LogP contribution < -0.4 is 0 Å². The molecule has 1 N–H and O–H groups in total. The molecule has 0 saturated heterocycles. The SMILES string of the molecule is CC/C=C\C/C=C\C/C=C\C/C=C\C/C=C\CCC.CC/C=C\C/C=C\C/C=C\C/C=C\C/C=C\CCCCCC(=O)O.CC/C=C\C/C=C\C/C=C\C/C=C\C/C=C\CCCCCCOC.COCCCCBr.[CH2-]C/C=C\C/C=C\C/C=C\C/C=C\C/C=C\CC.[CH2-]C/C=C\C/C=C\C/C=C\C/C=C\C/C=C\CC.[Cu+2].[Li]. The first-order chi connectivity index (χ1) is 54.3. The van der Waals surface area contributed by atoms with Gasteiger partial charge in [-0.15, -0.1) is 12.2 Å². The summed E-state index contributed by atoms with van der Waals surface area (Å²) >= 11 is 3.32. The largest absolute Gasteiger partial charge is 2.00 e. The van der Waals surface area contributed by atoms with E-state index in [-0.39, 0.29) is 35.9 Å². The zero-order valence-corrected chi connectivity index (χ0v) is 75.8.